The highest BCUT2D eigenvalue weighted by atomic mass is 32.2. The van der Waals surface area contributed by atoms with E-state index in [0.717, 1.165) is 35.2 Å². The number of hydrogen-bond donors (Lipinski definition) is 1. The smallest absolute Gasteiger partial charge is 0.134 e. The number of allylic oxidation sites excluding steroid dienone is 1. The second-order valence-corrected chi connectivity index (χ2v) is 6.32. The number of aromatic nitrogens is 2. The van der Waals surface area contributed by atoms with Crippen LogP contribution >= 0.6 is 23.5 Å². The normalized spacial score (nSPS) is 17.4. The van der Waals surface area contributed by atoms with Crippen LogP contribution in [-0.2, 0) is 0 Å². The molecule has 1 aliphatic rings. The van der Waals surface area contributed by atoms with E-state index in [1.807, 2.05) is 36.5 Å². The van der Waals surface area contributed by atoms with Gasteiger partial charge in [-0.25, -0.2) is 0 Å². The first-order valence-electron chi connectivity index (χ1n) is 6.95. The molecule has 1 aromatic heterocycles. The maximum absolute atomic E-state index is 5.70. The lowest BCUT2D eigenvalue weighted by molar-refractivity contribution is 0.344. The first kappa shape index (κ1) is 14.4. The molecule has 6 heteroatoms. The molecule has 1 N–H and O–H groups in total. The fourth-order valence-electron chi connectivity index (χ4n) is 2.17. The highest BCUT2D eigenvalue weighted by Gasteiger charge is 2.20. The van der Waals surface area contributed by atoms with Gasteiger partial charge in [-0.2, -0.15) is 8.75 Å². The summed E-state index contributed by atoms with van der Waals surface area (Å²) < 4.78 is 14.6. The van der Waals surface area contributed by atoms with E-state index in [9.17, 15) is 0 Å². The maximum Gasteiger partial charge on any atom is 0.134 e. The first-order valence-corrected chi connectivity index (χ1v) is 8.66. The summed E-state index contributed by atoms with van der Waals surface area (Å²) in [6.45, 7) is 1.62. The molecule has 1 aliphatic heterocycles. The van der Waals surface area contributed by atoms with Crippen LogP contribution in [0.25, 0.3) is 0 Å². The molecule has 110 valence electrons. The van der Waals surface area contributed by atoms with Crippen LogP contribution in [0.15, 0.2) is 47.6 Å². The quantitative estimate of drug-likeness (QED) is 0.654. The molecule has 1 atom stereocenters. The average Bonchev–Trinajstić information content (AvgIpc) is 3.02. The van der Waals surface area contributed by atoms with E-state index in [4.69, 9.17) is 4.74 Å². The number of ether oxygens (including phenoxy) is 1. The topological polar surface area (TPSA) is 47.0 Å². The Labute approximate surface area is 132 Å². The molecule has 2 heterocycles. The van der Waals surface area contributed by atoms with Gasteiger partial charge in [0.2, 0.25) is 0 Å². The summed E-state index contributed by atoms with van der Waals surface area (Å²) in [6, 6.07) is 9.89. The molecule has 0 spiro atoms. The van der Waals surface area contributed by atoms with Crippen molar-refractivity contribution in [2.45, 2.75) is 17.4 Å². The molecule has 21 heavy (non-hydrogen) atoms. The van der Waals surface area contributed by atoms with E-state index in [-0.39, 0.29) is 0 Å². The van der Waals surface area contributed by atoms with Gasteiger partial charge in [-0.1, -0.05) is 36.0 Å². The molecule has 1 aromatic carbocycles. The third-order valence-electron chi connectivity index (χ3n) is 3.22. The van der Waals surface area contributed by atoms with Gasteiger partial charge in [-0.3, -0.25) is 0 Å². The molecule has 2 aromatic rings. The van der Waals surface area contributed by atoms with Crippen LogP contribution in [0.3, 0.4) is 0 Å². The fourth-order valence-corrected chi connectivity index (χ4v) is 3.79. The summed E-state index contributed by atoms with van der Waals surface area (Å²) >= 11 is 3.03. The number of hydrogen-bond acceptors (Lipinski definition) is 6. The second kappa shape index (κ2) is 7.47. The minimum absolute atomic E-state index is 0.436. The Hall–Kier alpha value is -1.53. The van der Waals surface area contributed by atoms with Gasteiger partial charge in [-0.05, 0) is 24.8 Å². The Morgan fingerprint density at radius 1 is 1.29 bits per heavy atom. The molecule has 4 nitrogen and oxygen atoms in total. The lowest BCUT2D eigenvalue weighted by Gasteiger charge is -2.17. The van der Waals surface area contributed by atoms with Crippen LogP contribution in [0, 0.1) is 0 Å². The van der Waals surface area contributed by atoms with Crippen molar-refractivity contribution in [2.24, 2.45) is 0 Å². The van der Waals surface area contributed by atoms with Crippen LogP contribution in [0.1, 0.15) is 18.0 Å². The average molecular weight is 319 g/mol. The molecule has 0 aliphatic carbocycles. The summed E-state index contributed by atoms with van der Waals surface area (Å²) in [4.78, 5) is 0. The zero-order chi connectivity index (χ0) is 14.3. The van der Waals surface area contributed by atoms with Crippen molar-refractivity contribution in [2.75, 3.05) is 18.9 Å². The monoisotopic (exact) mass is 319 g/mol. The summed E-state index contributed by atoms with van der Waals surface area (Å²) in [7, 11) is 0. The highest BCUT2D eigenvalue weighted by molar-refractivity contribution is 7.99. The lowest BCUT2D eigenvalue weighted by atomic mass is 10.0. The van der Waals surface area contributed by atoms with E-state index >= 15 is 0 Å². The van der Waals surface area contributed by atoms with E-state index < -0.39 is 0 Å². The SMILES string of the molecule is C1=CNCC(c2nsnc2SCCOc2ccccc2)C1. The summed E-state index contributed by atoms with van der Waals surface area (Å²) in [5.74, 6) is 2.23. The van der Waals surface area contributed by atoms with Gasteiger partial charge in [0.05, 0.1) is 24.0 Å². The summed E-state index contributed by atoms with van der Waals surface area (Å²) in [5.41, 5.74) is 1.13. The van der Waals surface area contributed by atoms with E-state index in [1.165, 1.54) is 11.7 Å². The maximum atomic E-state index is 5.70. The second-order valence-electron chi connectivity index (χ2n) is 4.71. The number of nitrogens with zero attached hydrogens (tertiary/aromatic N) is 2. The predicted molar refractivity (Wildman–Crippen MR) is 87.1 cm³/mol. The van der Waals surface area contributed by atoms with Gasteiger partial charge < -0.3 is 10.1 Å². The van der Waals surface area contributed by atoms with Crippen LogP contribution in [-0.4, -0.2) is 27.7 Å². The molecule has 0 saturated carbocycles. The van der Waals surface area contributed by atoms with Gasteiger partial charge in [0.1, 0.15) is 10.8 Å². The van der Waals surface area contributed by atoms with Crippen LogP contribution < -0.4 is 10.1 Å². The highest BCUT2D eigenvalue weighted by Crippen LogP contribution is 2.29. The zero-order valence-electron chi connectivity index (χ0n) is 11.6. The summed E-state index contributed by atoms with van der Waals surface area (Å²) in [5, 5.41) is 4.32. The molecule has 1 unspecified atom stereocenters. The van der Waals surface area contributed by atoms with Gasteiger partial charge in [0.25, 0.3) is 0 Å². The van der Waals surface area contributed by atoms with Gasteiger partial charge in [0.15, 0.2) is 0 Å². The van der Waals surface area contributed by atoms with Gasteiger partial charge in [-0.15, -0.1) is 0 Å². The van der Waals surface area contributed by atoms with Crippen LogP contribution in [0.2, 0.25) is 0 Å². The van der Waals surface area contributed by atoms with Crippen molar-refractivity contribution in [1.82, 2.24) is 14.1 Å². The molecule has 0 fully saturated rings. The third-order valence-corrected chi connectivity index (χ3v) is 4.83. The fraction of sp³-hybridized carbons (Fsp3) is 0.333. The molecule has 0 radical (unpaired) electrons. The number of thioether (sulfide) groups is 1. The van der Waals surface area contributed by atoms with E-state index in [1.54, 1.807) is 11.8 Å². The Kier molecular flexibility index (Phi) is 5.13. The van der Waals surface area contributed by atoms with Gasteiger partial charge in [0, 0.05) is 18.2 Å². The predicted octanol–water partition coefficient (Wildman–Crippen LogP) is 3.30. The van der Waals surface area contributed by atoms with Crippen molar-refractivity contribution in [3.05, 3.63) is 48.3 Å². The van der Waals surface area contributed by atoms with Crippen molar-refractivity contribution in [3.8, 4) is 5.75 Å². The van der Waals surface area contributed by atoms with E-state index in [0.29, 0.717) is 12.5 Å². The largest absolute Gasteiger partial charge is 0.493 e. The molecule has 3 rings (SSSR count). The number of rotatable bonds is 6. The summed E-state index contributed by atoms with van der Waals surface area (Å²) in [6.07, 6.45) is 5.20. The molecular formula is C15H17N3OS2. The standard InChI is InChI=1S/C15H17N3OS2/c1-2-6-13(7-3-1)19-9-10-20-15-14(17-21-18-15)12-5-4-8-16-11-12/h1-4,6-8,12,16H,5,9-11H2. The Balaban J connectivity index is 1.49. The minimum atomic E-state index is 0.436. The molecule has 0 saturated heterocycles. The van der Waals surface area contributed by atoms with E-state index in [2.05, 4.69) is 20.1 Å². The first-order chi connectivity index (χ1) is 10.4. The third kappa shape index (κ3) is 3.98. The van der Waals surface area contributed by atoms with Crippen molar-refractivity contribution >= 4 is 23.5 Å². The van der Waals surface area contributed by atoms with Gasteiger partial charge >= 0.3 is 0 Å². The number of benzene rings is 1. The number of nitrogens with one attached hydrogen (secondary N) is 1. The van der Waals surface area contributed by atoms with Crippen LogP contribution in [0.4, 0.5) is 0 Å². The molecule has 0 amide bonds. The van der Waals surface area contributed by atoms with Crippen molar-refractivity contribution in [3.63, 3.8) is 0 Å². The van der Waals surface area contributed by atoms with Crippen molar-refractivity contribution < 1.29 is 4.74 Å². The minimum Gasteiger partial charge on any atom is -0.493 e. The Morgan fingerprint density at radius 2 is 2.19 bits per heavy atom. The lowest BCUT2D eigenvalue weighted by Crippen LogP contribution is -2.20. The Bertz CT molecular complexity index is 586. The molecule has 0 bridgehead atoms. The van der Waals surface area contributed by atoms with Crippen LogP contribution in [0.5, 0.6) is 5.75 Å². The molecular weight excluding hydrogens is 302 g/mol. The van der Waals surface area contributed by atoms with Crippen molar-refractivity contribution in [1.29, 1.82) is 0 Å². The zero-order valence-corrected chi connectivity index (χ0v) is 13.2. The number of para-hydroxylation sites is 1. The Morgan fingerprint density at radius 3 is 3.00 bits per heavy atom.